The molecule has 5 nitrogen and oxygen atoms in total. The van der Waals surface area contributed by atoms with Gasteiger partial charge in [-0.2, -0.15) is 0 Å². The topological polar surface area (TPSA) is 68.0 Å². The van der Waals surface area contributed by atoms with Gasteiger partial charge in [0.1, 0.15) is 5.76 Å². The molecule has 5 heteroatoms. The average molecular weight is 315 g/mol. The molecule has 0 saturated heterocycles. The fourth-order valence-corrected chi connectivity index (χ4v) is 2.19. The highest BCUT2D eigenvalue weighted by Crippen LogP contribution is 2.25. The van der Waals surface area contributed by atoms with Gasteiger partial charge in [0.05, 0.1) is 11.3 Å². The molecule has 2 rings (SSSR count). The summed E-state index contributed by atoms with van der Waals surface area (Å²) < 4.78 is 5.29. The number of anilines is 1. The molecular formula is C18H25N3O2. The molecule has 0 atom stereocenters. The molecule has 0 fully saturated rings. The molecule has 124 valence electrons. The number of aromatic nitrogens is 2. The molecule has 0 saturated carbocycles. The Morgan fingerprint density at radius 1 is 1.30 bits per heavy atom. The number of pyridine rings is 1. The third kappa shape index (κ3) is 3.97. The van der Waals surface area contributed by atoms with Crippen molar-refractivity contribution in [1.82, 2.24) is 10.1 Å². The van der Waals surface area contributed by atoms with Gasteiger partial charge in [0.2, 0.25) is 0 Å². The second-order valence-electron chi connectivity index (χ2n) is 7.02. The molecule has 0 unspecified atom stereocenters. The summed E-state index contributed by atoms with van der Waals surface area (Å²) in [5.41, 5.74) is 2.23. The van der Waals surface area contributed by atoms with Crippen LogP contribution in [0.1, 0.15) is 75.0 Å². The Morgan fingerprint density at radius 2 is 2.00 bits per heavy atom. The van der Waals surface area contributed by atoms with E-state index in [4.69, 9.17) is 4.52 Å². The molecule has 23 heavy (non-hydrogen) atoms. The molecule has 0 aliphatic carbocycles. The van der Waals surface area contributed by atoms with Crippen molar-refractivity contribution in [3.8, 4) is 0 Å². The normalized spacial score (nSPS) is 11.8. The van der Waals surface area contributed by atoms with Gasteiger partial charge in [-0.05, 0) is 24.5 Å². The molecule has 0 bridgehead atoms. The zero-order valence-corrected chi connectivity index (χ0v) is 14.7. The van der Waals surface area contributed by atoms with Gasteiger partial charge in [0, 0.05) is 17.2 Å². The number of nitrogens with zero attached hydrogens (tertiary/aromatic N) is 2. The summed E-state index contributed by atoms with van der Waals surface area (Å²) in [6, 6.07) is 5.50. The van der Waals surface area contributed by atoms with Crippen LogP contribution < -0.4 is 5.32 Å². The first kappa shape index (κ1) is 17.2. The van der Waals surface area contributed by atoms with Crippen molar-refractivity contribution < 1.29 is 9.32 Å². The number of amides is 1. The summed E-state index contributed by atoms with van der Waals surface area (Å²) in [7, 11) is 0. The standard InChI is InChI=1S/C18H25N3O2/c1-7-13-12(8-9-14(19-13)11(2)3)17(22)20-16-10-15(23-21-16)18(4,5)6/h8-11H,7H2,1-6H3,(H,20,21,22). The Kier molecular flexibility index (Phi) is 4.88. The first-order valence-electron chi connectivity index (χ1n) is 8.00. The highest BCUT2D eigenvalue weighted by molar-refractivity contribution is 6.04. The summed E-state index contributed by atoms with van der Waals surface area (Å²) >= 11 is 0. The van der Waals surface area contributed by atoms with E-state index in [1.54, 1.807) is 6.07 Å². The van der Waals surface area contributed by atoms with Crippen LogP contribution in [-0.2, 0) is 11.8 Å². The van der Waals surface area contributed by atoms with E-state index in [2.05, 4.69) is 29.3 Å². The molecule has 1 N–H and O–H groups in total. The van der Waals surface area contributed by atoms with Gasteiger partial charge >= 0.3 is 0 Å². The van der Waals surface area contributed by atoms with E-state index in [1.165, 1.54) is 0 Å². The van der Waals surface area contributed by atoms with Gasteiger partial charge in [-0.15, -0.1) is 0 Å². The lowest BCUT2D eigenvalue weighted by molar-refractivity contribution is 0.102. The van der Waals surface area contributed by atoms with Gasteiger partial charge in [-0.1, -0.05) is 46.7 Å². The maximum atomic E-state index is 12.5. The van der Waals surface area contributed by atoms with Crippen molar-refractivity contribution in [3.05, 3.63) is 40.9 Å². The second kappa shape index (κ2) is 6.52. The van der Waals surface area contributed by atoms with Gasteiger partial charge in [-0.3, -0.25) is 9.78 Å². The molecule has 2 heterocycles. The number of aryl methyl sites for hydroxylation is 1. The monoisotopic (exact) mass is 315 g/mol. The summed E-state index contributed by atoms with van der Waals surface area (Å²) in [6.45, 7) is 12.3. The molecule has 0 aromatic carbocycles. The third-order valence-corrected chi connectivity index (χ3v) is 3.66. The Hall–Kier alpha value is -2.17. The van der Waals surface area contributed by atoms with Crippen LogP contribution in [0.15, 0.2) is 22.7 Å². The number of rotatable bonds is 4. The number of carbonyl (C=O) groups is 1. The van der Waals surface area contributed by atoms with Crippen molar-refractivity contribution in [2.75, 3.05) is 5.32 Å². The van der Waals surface area contributed by atoms with Gasteiger partial charge in [-0.25, -0.2) is 0 Å². The van der Waals surface area contributed by atoms with E-state index in [-0.39, 0.29) is 11.3 Å². The largest absolute Gasteiger partial charge is 0.359 e. The van der Waals surface area contributed by atoms with Crippen molar-refractivity contribution in [1.29, 1.82) is 0 Å². The van der Waals surface area contributed by atoms with E-state index in [0.717, 1.165) is 17.1 Å². The highest BCUT2D eigenvalue weighted by atomic mass is 16.5. The molecule has 0 spiro atoms. The minimum Gasteiger partial charge on any atom is -0.359 e. The molecule has 0 aliphatic rings. The molecule has 0 aliphatic heterocycles. The quantitative estimate of drug-likeness (QED) is 0.913. The van der Waals surface area contributed by atoms with E-state index in [0.29, 0.717) is 23.7 Å². The molecular weight excluding hydrogens is 290 g/mol. The lowest BCUT2D eigenvalue weighted by Gasteiger charge is -2.12. The number of hydrogen-bond acceptors (Lipinski definition) is 4. The Morgan fingerprint density at radius 3 is 2.52 bits per heavy atom. The number of nitrogens with one attached hydrogen (secondary N) is 1. The van der Waals surface area contributed by atoms with Crippen LogP contribution >= 0.6 is 0 Å². The zero-order valence-electron chi connectivity index (χ0n) is 14.7. The van der Waals surface area contributed by atoms with Gasteiger partial charge in [0.25, 0.3) is 5.91 Å². The number of hydrogen-bond donors (Lipinski definition) is 1. The molecule has 2 aromatic heterocycles. The lowest BCUT2D eigenvalue weighted by Crippen LogP contribution is -2.16. The van der Waals surface area contributed by atoms with Crippen LogP contribution in [0.4, 0.5) is 5.82 Å². The Labute approximate surface area is 137 Å². The second-order valence-corrected chi connectivity index (χ2v) is 7.02. The summed E-state index contributed by atoms with van der Waals surface area (Å²) in [6.07, 6.45) is 0.704. The van der Waals surface area contributed by atoms with E-state index < -0.39 is 0 Å². The van der Waals surface area contributed by atoms with Crippen LogP contribution in [0.2, 0.25) is 0 Å². The summed E-state index contributed by atoms with van der Waals surface area (Å²) in [5, 5.41) is 6.71. The van der Waals surface area contributed by atoms with Gasteiger partial charge in [0.15, 0.2) is 5.82 Å². The first-order valence-corrected chi connectivity index (χ1v) is 8.00. The minimum atomic E-state index is -0.210. The average Bonchev–Trinajstić information content (AvgIpc) is 2.95. The van der Waals surface area contributed by atoms with E-state index >= 15 is 0 Å². The van der Waals surface area contributed by atoms with Crippen molar-refractivity contribution in [3.63, 3.8) is 0 Å². The predicted molar refractivity (Wildman–Crippen MR) is 90.9 cm³/mol. The van der Waals surface area contributed by atoms with E-state index in [1.807, 2.05) is 39.8 Å². The summed E-state index contributed by atoms with van der Waals surface area (Å²) in [4.78, 5) is 17.1. The smallest absolute Gasteiger partial charge is 0.258 e. The third-order valence-electron chi connectivity index (χ3n) is 3.66. The fraction of sp³-hybridized carbons (Fsp3) is 0.500. The molecule has 1 amide bonds. The van der Waals surface area contributed by atoms with Crippen molar-refractivity contribution in [2.24, 2.45) is 0 Å². The SMILES string of the molecule is CCc1nc(C(C)C)ccc1C(=O)Nc1cc(C(C)(C)C)on1. The minimum absolute atomic E-state index is 0.148. The Balaban J connectivity index is 2.22. The fourth-order valence-electron chi connectivity index (χ4n) is 2.19. The summed E-state index contributed by atoms with van der Waals surface area (Å²) in [5.74, 6) is 1.28. The van der Waals surface area contributed by atoms with Crippen molar-refractivity contribution in [2.45, 2.75) is 59.3 Å². The highest BCUT2D eigenvalue weighted by Gasteiger charge is 2.21. The molecule has 0 radical (unpaired) electrons. The predicted octanol–water partition coefficient (Wildman–Crippen LogP) is 4.31. The van der Waals surface area contributed by atoms with Crippen LogP contribution in [0.25, 0.3) is 0 Å². The van der Waals surface area contributed by atoms with Gasteiger partial charge < -0.3 is 9.84 Å². The van der Waals surface area contributed by atoms with Crippen LogP contribution in [0.3, 0.4) is 0 Å². The maximum absolute atomic E-state index is 12.5. The lowest BCUT2D eigenvalue weighted by atomic mass is 9.93. The van der Waals surface area contributed by atoms with Crippen LogP contribution in [0.5, 0.6) is 0 Å². The first-order chi connectivity index (χ1) is 10.7. The zero-order chi connectivity index (χ0) is 17.2. The molecule has 2 aromatic rings. The maximum Gasteiger partial charge on any atom is 0.258 e. The Bertz CT molecular complexity index is 697. The van der Waals surface area contributed by atoms with Crippen molar-refractivity contribution >= 4 is 11.7 Å². The van der Waals surface area contributed by atoms with Crippen LogP contribution in [0, 0.1) is 0 Å². The van der Waals surface area contributed by atoms with E-state index in [9.17, 15) is 4.79 Å². The van der Waals surface area contributed by atoms with Crippen LogP contribution in [-0.4, -0.2) is 16.0 Å². The number of carbonyl (C=O) groups excluding carboxylic acids is 1.